The summed E-state index contributed by atoms with van der Waals surface area (Å²) in [6.45, 7) is 4.80. The van der Waals surface area contributed by atoms with E-state index in [1.807, 2.05) is 18.2 Å². The molecule has 1 atom stereocenters. The van der Waals surface area contributed by atoms with Crippen LogP contribution in [0.4, 0.5) is 0 Å². The Labute approximate surface area is 102 Å². The molecule has 3 nitrogen and oxygen atoms in total. The van der Waals surface area contributed by atoms with Gasteiger partial charge in [-0.2, -0.15) is 0 Å². The molecular formula is C14H20O3. The summed E-state index contributed by atoms with van der Waals surface area (Å²) in [4.78, 5) is 10.3. The number of benzene rings is 1. The molecule has 0 amide bonds. The van der Waals surface area contributed by atoms with Gasteiger partial charge in [0.15, 0.2) is 0 Å². The molecule has 1 rings (SSSR count). The second-order valence-electron chi connectivity index (χ2n) is 4.23. The molecule has 0 saturated heterocycles. The number of ether oxygens (including phenoxy) is 1. The molecule has 3 heteroatoms. The molecule has 0 aliphatic rings. The van der Waals surface area contributed by atoms with Gasteiger partial charge in [0.1, 0.15) is 5.75 Å². The van der Waals surface area contributed by atoms with Gasteiger partial charge in [-0.25, -0.2) is 0 Å². The average Bonchev–Trinajstić information content (AvgIpc) is 2.34. The van der Waals surface area contributed by atoms with Crippen LogP contribution in [0.25, 0.3) is 0 Å². The molecule has 0 radical (unpaired) electrons. The zero-order valence-corrected chi connectivity index (χ0v) is 10.5. The van der Waals surface area contributed by atoms with Crippen LogP contribution in [0.2, 0.25) is 0 Å². The van der Waals surface area contributed by atoms with E-state index in [1.165, 1.54) is 5.56 Å². The Morgan fingerprint density at radius 2 is 2.24 bits per heavy atom. The van der Waals surface area contributed by atoms with Crippen LogP contribution in [0.1, 0.15) is 44.6 Å². The van der Waals surface area contributed by atoms with Gasteiger partial charge in [-0.05, 0) is 36.5 Å². The second-order valence-corrected chi connectivity index (χ2v) is 4.23. The van der Waals surface area contributed by atoms with E-state index >= 15 is 0 Å². The smallest absolute Gasteiger partial charge is 0.303 e. The maximum atomic E-state index is 10.3. The Morgan fingerprint density at radius 1 is 1.47 bits per heavy atom. The standard InChI is InChI=1S/C14H20O3/c1-3-11(2)12-6-4-7-13(10-12)17-9-5-8-14(15)16/h4,6-7,10-11H,3,5,8-9H2,1-2H3,(H,15,16). The fourth-order valence-electron chi connectivity index (χ4n) is 1.56. The Bertz CT molecular complexity index is 360. The normalized spacial score (nSPS) is 12.1. The van der Waals surface area contributed by atoms with Gasteiger partial charge in [-0.1, -0.05) is 26.0 Å². The number of carboxylic acid groups (broad SMARTS) is 1. The third-order valence-corrected chi connectivity index (χ3v) is 2.84. The number of carbonyl (C=O) groups is 1. The summed E-state index contributed by atoms with van der Waals surface area (Å²) in [6.07, 6.45) is 1.80. The number of rotatable bonds is 7. The minimum Gasteiger partial charge on any atom is -0.494 e. The van der Waals surface area contributed by atoms with Gasteiger partial charge < -0.3 is 9.84 Å². The highest BCUT2D eigenvalue weighted by molar-refractivity contribution is 5.66. The first-order valence-corrected chi connectivity index (χ1v) is 6.08. The quantitative estimate of drug-likeness (QED) is 0.738. The van der Waals surface area contributed by atoms with Crippen molar-refractivity contribution < 1.29 is 14.6 Å². The molecule has 1 aromatic rings. The molecule has 0 aromatic heterocycles. The van der Waals surface area contributed by atoms with Crippen LogP contribution in [-0.2, 0) is 4.79 Å². The van der Waals surface area contributed by atoms with E-state index in [-0.39, 0.29) is 6.42 Å². The van der Waals surface area contributed by atoms with E-state index < -0.39 is 5.97 Å². The van der Waals surface area contributed by atoms with E-state index in [2.05, 4.69) is 19.9 Å². The fraction of sp³-hybridized carbons (Fsp3) is 0.500. The van der Waals surface area contributed by atoms with Crippen molar-refractivity contribution in [2.45, 2.75) is 39.0 Å². The van der Waals surface area contributed by atoms with Crippen molar-refractivity contribution in [3.8, 4) is 5.75 Å². The van der Waals surface area contributed by atoms with Gasteiger partial charge in [0.2, 0.25) is 0 Å². The van der Waals surface area contributed by atoms with Crippen LogP contribution < -0.4 is 4.74 Å². The lowest BCUT2D eigenvalue weighted by atomic mass is 9.99. The molecule has 17 heavy (non-hydrogen) atoms. The number of hydrogen-bond donors (Lipinski definition) is 1. The van der Waals surface area contributed by atoms with Crippen LogP contribution in [0.5, 0.6) is 5.75 Å². The topological polar surface area (TPSA) is 46.5 Å². The highest BCUT2D eigenvalue weighted by Gasteiger charge is 2.04. The van der Waals surface area contributed by atoms with Crippen LogP contribution in [0, 0.1) is 0 Å². The van der Waals surface area contributed by atoms with E-state index in [0.29, 0.717) is 18.9 Å². The maximum absolute atomic E-state index is 10.3. The minimum atomic E-state index is -0.776. The van der Waals surface area contributed by atoms with Crippen LogP contribution in [0.15, 0.2) is 24.3 Å². The van der Waals surface area contributed by atoms with E-state index in [9.17, 15) is 4.79 Å². The molecule has 0 bridgehead atoms. The third kappa shape index (κ3) is 4.89. The van der Waals surface area contributed by atoms with Crippen molar-refractivity contribution in [2.24, 2.45) is 0 Å². The summed E-state index contributed by atoms with van der Waals surface area (Å²) in [5.74, 6) is 0.577. The molecule has 0 saturated carbocycles. The molecular weight excluding hydrogens is 216 g/mol. The first kappa shape index (κ1) is 13.6. The van der Waals surface area contributed by atoms with Crippen molar-refractivity contribution in [3.05, 3.63) is 29.8 Å². The van der Waals surface area contributed by atoms with E-state index in [0.717, 1.165) is 12.2 Å². The Hall–Kier alpha value is -1.51. The van der Waals surface area contributed by atoms with Crippen LogP contribution in [-0.4, -0.2) is 17.7 Å². The minimum absolute atomic E-state index is 0.158. The summed E-state index contributed by atoms with van der Waals surface area (Å²) < 4.78 is 5.53. The van der Waals surface area contributed by atoms with Crippen molar-refractivity contribution in [1.29, 1.82) is 0 Å². The highest BCUT2D eigenvalue weighted by atomic mass is 16.5. The number of aliphatic carboxylic acids is 1. The van der Waals surface area contributed by atoms with Crippen LogP contribution in [0.3, 0.4) is 0 Å². The fourth-order valence-corrected chi connectivity index (χ4v) is 1.56. The molecule has 0 fully saturated rings. The third-order valence-electron chi connectivity index (χ3n) is 2.84. The van der Waals surface area contributed by atoms with Crippen LogP contribution >= 0.6 is 0 Å². The summed E-state index contributed by atoms with van der Waals surface area (Å²) in [6, 6.07) is 8.02. The molecule has 0 aliphatic heterocycles. The van der Waals surface area contributed by atoms with Gasteiger partial charge in [-0.3, -0.25) is 4.79 Å². The molecule has 1 aromatic carbocycles. The summed E-state index contributed by atoms with van der Waals surface area (Å²) in [5.41, 5.74) is 1.27. The van der Waals surface area contributed by atoms with Crippen molar-refractivity contribution >= 4 is 5.97 Å². The van der Waals surface area contributed by atoms with Gasteiger partial charge in [0.05, 0.1) is 6.61 Å². The molecule has 1 N–H and O–H groups in total. The van der Waals surface area contributed by atoms with Crippen molar-refractivity contribution in [1.82, 2.24) is 0 Å². The van der Waals surface area contributed by atoms with E-state index in [4.69, 9.17) is 9.84 Å². The first-order chi connectivity index (χ1) is 8.13. The van der Waals surface area contributed by atoms with E-state index in [1.54, 1.807) is 0 Å². The molecule has 0 heterocycles. The lowest BCUT2D eigenvalue weighted by molar-refractivity contribution is -0.137. The molecule has 94 valence electrons. The molecule has 0 spiro atoms. The lowest BCUT2D eigenvalue weighted by Gasteiger charge is -2.11. The van der Waals surface area contributed by atoms with Crippen molar-refractivity contribution in [2.75, 3.05) is 6.61 Å². The number of carboxylic acids is 1. The highest BCUT2D eigenvalue weighted by Crippen LogP contribution is 2.22. The Morgan fingerprint density at radius 3 is 2.88 bits per heavy atom. The van der Waals surface area contributed by atoms with Gasteiger partial charge >= 0.3 is 5.97 Å². The first-order valence-electron chi connectivity index (χ1n) is 6.08. The van der Waals surface area contributed by atoms with Gasteiger partial charge in [0.25, 0.3) is 0 Å². The lowest BCUT2D eigenvalue weighted by Crippen LogP contribution is -2.02. The average molecular weight is 236 g/mol. The van der Waals surface area contributed by atoms with Gasteiger partial charge in [0, 0.05) is 6.42 Å². The van der Waals surface area contributed by atoms with Gasteiger partial charge in [-0.15, -0.1) is 0 Å². The second kappa shape index (κ2) is 6.94. The summed E-state index contributed by atoms with van der Waals surface area (Å²) in [7, 11) is 0. The monoisotopic (exact) mass is 236 g/mol. The molecule has 1 unspecified atom stereocenters. The zero-order chi connectivity index (χ0) is 12.7. The van der Waals surface area contributed by atoms with Crippen molar-refractivity contribution in [3.63, 3.8) is 0 Å². The predicted octanol–water partition coefficient (Wildman–Crippen LogP) is 3.44. The number of hydrogen-bond acceptors (Lipinski definition) is 2. The largest absolute Gasteiger partial charge is 0.494 e. The Kier molecular flexibility index (Phi) is 5.53. The SMILES string of the molecule is CCC(C)c1cccc(OCCCC(=O)O)c1. The molecule has 0 aliphatic carbocycles. The maximum Gasteiger partial charge on any atom is 0.303 e. The summed E-state index contributed by atoms with van der Waals surface area (Å²) >= 11 is 0. The predicted molar refractivity (Wildman–Crippen MR) is 67.5 cm³/mol. The summed E-state index contributed by atoms with van der Waals surface area (Å²) in [5, 5.41) is 8.50. The Balaban J connectivity index is 2.45. The zero-order valence-electron chi connectivity index (χ0n) is 10.5.